The Morgan fingerprint density at radius 3 is 3.00 bits per heavy atom. The minimum Gasteiger partial charge on any atom is -0.366 e. The van der Waals surface area contributed by atoms with Crippen molar-refractivity contribution in [3.8, 4) is 6.07 Å². The van der Waals surface area contributed by atoms with Crippen LogP contribution in [-0.2, 0) is 0 Å². The molecule has 3 nitrogen and oxygen atoms in total. The third kappa shape index (κ3) is 1.99. The van der Waals surface area contributed by atoms with Crippen LogP contribution in [0.15, 0.2) is 16.7 Å². The van der Waals surface area contributed by atoms with Gasteiger partial charge in [0.25, 0.3) is 0 Å². The van der Waals surface area contributed by atoms with Crippen molar-refractivity contribution >= 4 is 21.7 Å². The van der Waals surface area contributed by atoms with Crippen molar-refractivity contribution in [2.45, 2.75) is 18.9 Å². The van der Waals surface area contributed by atoms with Crippen molar-refractivity contribution < 1.29 is 0 Å². The lowest BCUT2D eigenvalue weighted by atomic mass is 10.3. The number of nitriles is 1. The van der Waals surface area contributed by atoms with Crippen LogP contribution < -0.4 is 5.32 Å². The molecular formula is C9H8BrN3. The molecule has 1 heterocycles. The number of halogens is 1. The predicted molar refractivity (Wildman–Crippen MR) is 53.3 cm³/mol. The Hall–Kier alpha value is -1.08. The topological polar surface area (TPSA) is 48.7 Å². The van der Waals surface area contributed by atoms with E-state index in [1.54, 1.807) is 12.3 Å². The molecule has 1 aromatic rings. The smallest absolute Gasteiger partial charge is 0.144 e. The Morgan fingerprint density at radius 1 is 1.62 bits per heavy atom. The van der Waals surface area contributed by atoms with E-state index in [9.17, 15) is 0 Å². The maximum Gasteiger partial charge on any atom is 0.144 e. The van der Waals surface area contributed by atoms with Gasteiger partial charge in [-0.15, -0.1) is 0 Å². The van der Waals surface area contributed by atoms with Gasteiger partial charge in [0.2, 0.25) is 0 Å². The Balaban J connectivity index is 2.27. The van der Waals surface area contributed by atoms with E-state index in [0.29, 0.717) is 17.4 Å². The number of pyridine rings is 1. The molecule has 0 radical (unpaired) electrons. The maximum atomic E-state index is 8.83. The van der Waals surface area contributed by atoms with Crippen molar-refractivity contribution in [1.82, 2.24) is 4.98 Å². The summed E-state index contributed by atoms with van der Waals surface area (Å²) in [5, 5.41) is 12.0. The fraction of sp³-hybridized carbons (Fsp3) is 0.333. The predicted octanol–water partition coefficient (Wildman–Crippen LogP) is 2.29. The molecule has 13 heavy (non-hydrogen) atoms. The van der Waals surface area contributed by atoms with Gasteiger partial charge in [-0.1, -0.05) is 0 Å². The zero-order valence-corrected chi connectivity index (χ0v) is 8.50. The molecule has 1 fully saturated rings. The van der Waals surface area contributed by atoms with Crippen molar-refractivity contribution in [3.63, 3.8) is 0 Å². The van der Waals surface area contributed by atoms with Gasteiger partial charge in [-0.2, -0.15) is 5.26 Å². The van der Waals surface area contributed by atoms with Crippen molar-refractivity contribution in [2.75, 3.05) is 5.32 Å². The minimum absolute atomic E-state index is 0.528. The highest BCUT2D eigenvalue weighted by Gasteiger charge is 2.22. The van der Waals surface area contributed by atoms with Crippen LogP contribution in [0.2, 0.25) is 0 Å². The molecule has 0 unspecified atom stereocenters. The average Bonchev–Trinajstić information content (AvgIpc) is 2.92. The molecule has 1 aliphatic carbocycles. The summed E-state index contributed by atoms with van der Waals surface area (Å²) < 4.78 is 0.838. The summed E-state index contributed by atoms with van der Waals surface area (Å²) in [6, 6.07) is 4.42. The van der Waals surface area contributed by atoms with Crippen molar-refractivity contribution in [2.24, 2.45) is 0 Å². The van der Waals surface area contributed by atoms with Crippen LogP contribution in [0.25, 0.3) is 0 Å². The van der Waals surface area contributed by atoms with E-state index in [2.05, 4.69) is 32.3 Å². The number of hydrogen-bond donors (Lipinski definition) is 1. The molecule has 0 saturated heterocycles. The molecule has 0 amide bonds. The fourth-order valence-corrected chi connectivity index (χ4v) is 1.39. The largest absolute Gasteiger partial charge is 0.366 e. The third-order valence-electron chi connectivity index (χ3n) is 1.89. The Bertz CT molecular complexity index is 366. The van der Waals surface area contributed by atoms with Crippen LogP contribution in [-0.4, -0.2) is 11.0 Å². The number of anilines is 1. The maximum absolute atomic E-state index is 8.83. The molecule has 0 aliphatic heterocycles. The van der Waals surface area contributed by atoms with Crippen LogP contribution in [0.5, 0.6) is 0 Å². The molecule has 1 N–H and O–H groups in total. The second-order valence-electron chi connectivity index (χ2n) is 3.08. The second kappa shape index (κ2) is 3.35. The molecule has 0 bridgehead atoms. The summed E-state index contributed by atoms with van der Waals surface area (Å²) >= 11 is 3.28. The van der Waals surface area contributed by atoms with Crippen LogP contribution in [0.4, 0.5) is 5.82 Å². The summed E-state index contributed by atoms with van der Waals surface area (Å²) in [7, 11) is 0. The van der Waals surface area contributed by atoms with E-state index in [-0.39, 0.29) is 0 Å². The second-order valence-corrected chi connectivity index (χ2v) is 4.00. The average molecular weight is 238 g/mol. The third-order valence-corrected chi connectivity index (χ3v) is 2.33. The summed E-state index contributed by atoms with van der Waals surface area (Å²) in [6.07, 6.45) is 4.07. The highest BCUT2D eigenvalue weighted by atomic mass is 79.9. The van der Waals surface area contributed by atoms with E-state index in [1.807, 2.05) is 0 Å². The van der Waals surface area contributed by atoms with E-state index < -0.39 is 0 Å². The highest BCUT2D eigenvalue weighted by molar-refractivity contribution is 9.10. The lowest BCUT2D eigenvalue weighted by Crippen LogP contribution is -2.04. The Morgan fingerprint density at radius 2 is 2.38 bits per heavy atom. The van der Waals surface area contributed by atoms with E-state index in [0.717, 1.165) is 4.47 Å². The number of aromatic nitrogens is 1. The molecule has 2 rings (SSSR count). The zero-order valence-electron chi connectivity index (χ0n) is 6.92. The van der Waals surface area contributed by atoms with Gasteiger partial charge in [0, 0.05) is 16.7 Å². The molecule has 0 aromatic carbocycles. The van der Waals surface area contributed by atoms with Gasteiger partial charge in [0.15, 0.2) is 0 Å². The standard InChI is InChI=1S/C9H8BrN3/c10-7-3-6(4-11)9(12-5-7)13-8-1-2-8/h3,5,8H,1-2H2,(H,12,13). The van der Waals surface area contributed by atoms with Crippen LogP contribution in [0.1, 0.15) is 18.4 Å². The SMILES string of the molecule is N#Cc1cc(Br)cnc1NC1CC1. The quantitative estimate of drug-likeness (QED) is 0.859. The monoisotopic (exact) mass is 237 g/mol. The van der Waals surface area contributed by atoms with Gasteiger partial charge >= 0.3 is 0 Å². The number of hydrogen-bond acceptors (Lipinski definition) is 3. The Kier molecular flexibility index (Phi) is 2.19. The molecule has 1 aromatic heterocycles. The summed E-state index contributed by atoms with van der Waals surface area (Å²) in [4.78, 5) is 4.15. The first-order valence-corrected chi connectivity index (χ1v) is 4.91. The molecule has 0 spiro atoms. The van der Waals surface area contributed by atoms with Crippen molar-refractivity contribution in [1.29, 1.82) is 5.26 Å². The first kappa shape index (κ1) is 8.52. The van der Waals surface area contributed by atoms with Crippen molar-refractivity contribution in [3.05, 3.63) is 22.3 Å². The van der Waals surface area contributed by atoms with E-state index >= 15 is 0 Å². The lowest BCUT2D eigenvalue weighted by Gasteiger charge is -2.04. The molecule has 0 atom stereocenters. The van der Waals surface area contributed by atoms with E-state index in [4.69, 9.17) is 5.26 Å². The van der Waals surface area contributed by atoms with Gasteiger partial charge < -0.3 is 5.32 Å². The van der Waals surface area contributed by atoms with Gasteiger partial charge in [0.05, 0.1) is 5.56 Å². The number of nitrogens with one attached hydrogen (secondary N) is 1. The molecule has 4 heteroatoms. The van der Waals surface area contributed by atoms with Gasteiger partial charge in [-0.25, -0.2) is 4.98 Å². The first-order chi connectivity index (χ1) is 6.29. The lowest BCUT2D eigenvalue weighted by molar-refractivity contribution is 1.10. The molecular weight excluding hydrogens is 230 g/mol. The summed E-state index contributed by atoms with van der Waals surface area (Å²) in [6.45, 7) is 0. The van der Waals surface area contributed by atoms with Gasteiger partial charge in [0.1, 0.15) is 11.9 Å². The number of rotatable bonds is 2. The zero-order chi connectivity index (χ0) is 9.26. The highest BCUT2D eigenvalue weighted by Crippen LogP contribution is 2.26. The van der Waals surface area contributed by atoms with Crippen LogP contribution >= 0.6 is 15.9 Å². The molecule has 1 aliphatic rings. The number of nitrogens with zero attached hydrogens (tertiary/aromatic N) is 2. The Labute approximate surface area is 84.9 Å². The first-order valence-electron chi connectivity index (χ1n) is 4.12. The van der Waals surface area contributed by atoms with Crippen LogP contribution in [0, 0.1) is 11.3 Å². The van der Waals surface area contributed by atoms with Gasteiger partial charge in [-0.05, 0) is 34.8 Å². The molecule has 1 saturated carbocycles. The summed E-state index contributed by atoms with van der Waals surface area (Å²) in [5.74, 6) is 0.702. The minimum atomic E-state index is 0.528. The fourth-order valence-electron chi connectivity index (χ4n) is 1.06. The molecule has 66 valence electrons. The normalized spacial score (nSPS) is 15.1. The summed E-state index contributed by atoms with van der Waals surface area (Å²) in [5.41, 5.74) is 0.598. The van der Waals surface area contributed by atoms with Gasteiger partial charge in [-0.3, -0.25) is 0 Å². The van der Waals surface area contributed by atoms with Crippen LogP contribution in [0.3, 0.4) is 0 Å². The van der Waals surface area contributed by atoms with E-state index in [1.165, 1.54) is 12.8 Å².